The van der Waals surface area contributed by atoms with Crippen molar-refractivity contribution in [2.24, 2.45) is 0 Å². The summed E-state index contributed by atoms with van der Waals surface area (Å²) in [6, 6.07) is 0. The van der Waals surface area contributed by atoms with Gasteiger partial charge in [0.25, 0.3) is 0 Å². The summed E-state index contributed by atoms with van der Waals surface area (Å²) < 4.78 is 5.38. The van der Waals surface area contributed by atoms with Gasteiger partial charge in [-0.2, -0.15) is 0 Å². The van der Waals surface area contributed by atoms with E-state index < -0.39 is 0 Å². The molecule has 0 aromatic rings. The summed E-state index contributed by atoms with van der Waals surface area (Å²) in [4.78, 5) is 16.6. The third-order valence-corrected chi connectivity index (χ3v) is 4.16. The molecule has 2 aliphatic rings. The van der Waals surface area contributed by atoms with Gasteiger partial charge in [-0.3, -0.25) is 14.6 Å². The summed E-state index contributed by atoms with van der Waals surface area (Å²) in [7, 11) is 0. The number of nitrogens with zero attached hydrogens (tertiary/aromatic N) is 2. The number of rotatable bonds is 5. The van der Waals surface area contributed by atoms with E-state index in [1.807, 2.05) is 0 Å². The molecular weight excluding hydrogens is 256 g/mol. The van der Waals surface area contributed by atoms with E-state index in [4.69, 9.17) is 4.74 Å². The topological polar surface area (TPSA) is 56.8 Å². The van der Waals surface area contributed by atoms with Gasteiger partial charge in [-0.15, -0.1) is 0 Å². The summed E-state index contributed by atoms with van der Waals surface area (Å²) in [5, 5.41) is 6.38. The lowest BCUT2D eigenvalue weighted by Gasteiger charge is -2.41. The van der Waals surface area contributed by atoms with Crippen LogP contribution in [0.15, 0.2) is 0 Å². The molecule has 0 atom stereocenters. The first kappa shape index (κ1) is 15.7. The van der Waals surface area contributed by atoms with Crippen LogP contribution in [-0.2, 0) is 9.53 Å². The second-order valence-corrected chi connectivity index (χ2v) is 6.21. The molecular formula is C14H28N4O2. The van der Waals surface area contributed by atoms with E-state index in [0.717, 1.165) is 52.5 Å². The first-order valence-corrected chi connectivity index (χ1v) is 7.60. The fourth-order valence-corrected chi connectivity index (χ4v) is 2.72. The summed E-state index contributed by atoms with van der Waals surface area (Å²) >= 11 is 0. The smallest absolute Gasteiger partial charge is 0.234 e. The quantitative estimate of drug-likeness (QED) is 0.686. The maximum absolute atomic E-state index is 12.0. The van der Waals surface area contributed by atoms with Gasteiger partial charge in [0.15, 0.2) is 0 Å². The lowest BCUT2D eigenvalue weighted by Crippen LogP contribution is -2.56. The van der Waals surface area contributed by atoms with Gasteiger partial charge in [0.05, 0.1) is 19.8 Å². The van der Waals surface area contributed by atoms with Gasteiger partial charge in [-0.1, -0.05) is 0 Å². The molecule has 2 heterocycles. The summed E-state index contributed by atoms with van der Waals surface area (Å²) in [6.07, 6.45) is 0. The van der Waals surface area contributed by atoms with Crippen LogP contribution in [0.5, 0.6) is 0 Å². The van der Waals surface area contributed by atoms with Crippen molar-refractivity contribution >= 4 is 5.91 Å². The van der Waals surface area contributed by atoms with E-state index in [1.165, 1.54) is 0 Å². The van der Waals surface area contributed by atoms with Crippen molar-refractivity contribution in [3.8, 4) is 0 Å². The van der Waals surface area contributed by atoms with Crippen molar-refractivity contribution < 1.29 is 9.53 Å². The minimum absolute atomic E-state index is 0.0110. The van der Waals surface area contributed by atoms with Crippen LogP contribution in [-0.4, -0.2) is 86.8 Å². The first-order chi connectivity index (χ1) is 9.58. The Bertz CT molecular complexity index is 310. The largest absolute Gasteiger partial charge is 0.379 e. The second kappa shape index (κ2) is 7.36. The average molecular weight is 284 g/mol. The molecule has 0 spiro atoms. The number of piperazine rings is 1. The van der Waals surface area contributed by atoms with E-state index in [2.05, 4.69) is 34.3 Å². The van der Waals surface area contributed by atoms with Crippen LogP contribution >= 0.6 is 0 Å². The lowest BCUT2D eigenvalue weighted by molar-refractivity contribution is -0.123. The number of ether oxygens (including phenoxy) is 1. The molecule has 6 heteroatoms. The molecule has 20 heavy (non-hydrogen) atoms. The average Bonchev–Trinajstić information content (AvgIpc) is 2.47. The summed E-state index contributed by atoms with van der Waals surface area (Å²) in [5.41, 5.74) is -0.0110. The van der Waals surface area contributed by atoms with Crippen molar-refractivity contribution in [2.45, 2.75) is 19.4 Å². The maximum atomic E-state index is 12.0. The second-order valence-electron chi connectivity index (χ2n) is 6.21. The van der Waals surface area contributed by atoms with Crippen molar-refractivity contribution in [2.75, 3.05) is 65.6 Å². The van der Waals surface area contributed by atoms with Gasteiger partial charge in [0.2, 0.25) is 5.91 Å². The van der Waals surface area contributed by atoms with Crippen molar-refractivity contribution in [3.05, 3.63) is 0 Å². The molecule has 116 valence electrons. The Morgan fingerprint density at radius 3 is 2.50 bits per heavy atom. The van der Waals surface area contributed by atoms with Crippen LogP contribution in [0, 0.1) is 0 Å². The Morgan fingerprint density at radius 2 is 1.85 bits per heavy atom. The molecule has 0 aromatic carbocycles. The molecule has 6 nitrogen and oxygen atoms in total. The Hall–Kier alpha value is -0.690. The molecule has 2 saturated heterocycles. The van der Waals surface area contributed by atoms with Gasteiger partial charge in [0.1, 0.15) is 0 Å². The summed E-state index contributed by atoms with van der Waals surface area (Å²) in [6.45, 7) is 12.9. The molecule has 2 rings (SSSR count). The third kappa shape index (κ3) is 4.70. The monoisotopic (exact) mass is 284 g/mol. The van der Waals surface area contributed by atoms with Gasteiger partial charge < -0.3 is 15.4 Å². The van der Waals surface area contributed by atoms with Crippen molar-refractivity contribution in [3.63, 3.8) is 0 Å². The molecule has 1 amide bonds. The highest BCUT2D eigenvalue weighted by atomic mass is 16.5. The van der Waals surface area contributed by atoms with Crippen LogP contribution < -0.4 is 10.6 Å². The Labute approximate surface area is 121 Å². The van der Waals surface area contributed by atoms with Gasteiger partial charge in [-0.05, 0) is 13.8 Å². The highest BCUT2D eigenvalue weighted by Crippen LogP contribution is 2.14. The molecule has 0 saturated carbocycles. The highest BCUT2D eigenvalue weighted by molar-refractivity contribution is 5.78. The number of carbonyl (C=O) groups excluding carboxylic acids is 1. The Balaban J connectivity index is 1.70. The number of hydrogen-bond donors (Lipinski definition) is 2. The fraction of sp³-hybridized carbons (Fsp3) is 0.929. The normalized spacial score (nSPS) is 22.7. The molecule has 2 aliphatic heterocycles. The summed E-state index contributed by atoms with van der Waals surface area (Å²) in [5.74, 6) is 0.133. The number of morpholine rings is 1. The van der Waals surface area contributed by atoms with Crippen LogP contribution in [0.3, 0.4) is 0 Å². The van der Waals surface area contributed by atoms with Crippen molar-refractivity contribution in [1.82, 2.24) is 20.4 Å². The van der Waals surface area contributed by atoms with E-state index in [0.29, 0.717) is 13.1 Å². The number of nitrogens with one attached hydrogen (secondary N) is 2. The van der Waals surface area contributed by atoms with E-state index >= 15 is 0 Å². The van der Waals surface area contributed by atoms with Crippen molar-refractivity contribution in [1.29, 1.82) is 0 Å². The molecule has 2 N–H and O–H groups in total. The minimum atomic E-state index is -0.0110. The minimum Gasteiger partial charge on any atom is -0.379 e. The number of hydrogen-bond acceptors (Lipinski definition) is 5. The highest BCUT2D eigenvalue weighted by Gasteiger charge is 2.28. The molecule has 0 radical (unpaired) electrons. The van der Waals surface area contributed by atoms with Crippen LogP contribution in [0.2, 0.25) is 0 Å². The maximum Gasteiger partial charge on any atom is 0.234 e. The van der Waals surface area contributed by atoms with Gasteiger partial charge >= 0.3 is 0 Å². The number of carbonyl (C=O) groups is 1. The van der Waals surface area contributed by atoms with E-state index in [1.54, 1.807) is 0 Å². The fourth-order valence-electron chi connectivity index (χ4n) is 2.72. The molecule has 0 unspecified atom stereocenters. The number of amides is 1. The van der Waals surface area contributed by atoms with E-state index in [9.17, 15) is 4.79 Å². The van der Waals surface area contributed by atoms with Gasteiger partial charge in [-0.25, -0.2) is 0 Å². The predicted octanol–water partition coefficient (Wildman–Crippen LogP) is -0.881. The lowest BCUT2D eigenvalue weighted by atomic mass is 10.0. The Kier molecular flexibility index (Phi) is 5.77. The zero-order chi connectivity index (χ0) is 14.4. The predicted molar refractivity (Wildman–Crippen MR) is 78.8 cm³/mol. The van der Waals surface area contributed by atoms with Crippen LogP contribution in [0.1, 0.15) is 13.8 Å². The third-order valence-electron chi connectivity index (χ3n) is 4.16. The molecule has 0 aromatic heterocycles. The van der Waals surface area contributed by atoms with Crippen LogP contribution in [0.25, 0.3) is 0 Å². The first-order valence-electron chi connectivity index (χ1n) is 7.60. The molecule has 0 bridgehead atoms. The molecule has 2 fully saturated rings. The zero-order valence-electron chi connectivity index (χ0n) is 12.8. The standard InChI is InChI=1S/C14H28N4O2/c1-14(2,18-7-9-20-10-8-18)12-16-13(19)11-17-5-3-15-4-6-17/h15H,3-12H2,1-2H3,(H,16,19). The SMILES string of the molecule is CC(C)(CNC(=O)CN1CCNCC1)N1CCOCC1. The Morgan fingerprint density at radius 1 is 1.20 bits per heavy atom. The molecule has 0 aliphatic carbocycles. The van der Waals surface area contributed by atoms with Crippen LogP contribution in [0.4, 0.5) is 0 Å². The zero-order valence-corrected chi connectivity index (χ0v) is 12.8. The van der Waals surface area contributed by atoms with E-state index in [-0.39, 0.29) is 11.4 Å². The van der Waals surface area contributed by atoms with Gasteiger partial charge in [0, 0.05) is 51.4 Å².